The standard InChI is InChI=1S/C37H69NO6/c1-5-6-7-8-9-10-11-12-13-14-15-16-17-18-19-20-21-22-23-24-28-38(29-25-32(2)35(39)40,30-26-33(3)36(41)42)31-27-34(4)37(43)44/h7-8,32-34H,5-6,9-31H2,1-4H3,(H2-,39,40,41,42,43,44)/b8-7+. The quantitative estimate of drug-likeness (QED) is 0.0442. The molecule has 0 rings (SSSR count). The van der Waals surface area contributed by atoms with Crippen molar-refractivity contribution in [3.8, 4) is 0 Å². The molecule has 0 aromatic rings. The van der Waals surface area contributed by atoms with Crippen molar-refractivity contribution in [2.75, 3.05) is 26.2 Å². The van der Waals surface area contributed by atoms with Crippen molar-refractivity contribution in [2.24, 2.45) is 17.8 Å². The van der Waals surface area contributed by atoms with E-state index in [9.17, 15) is 29.7 Å². The number of hydrogen-bond donors (Lipinski definition) is 2. The van der Waals surface area contributed by atoms with Crippen LogP contribution in [-0.4, -0.2) is 58.8 Å². The van der Waals surface area contributed by atoms with Crippen molar-refractivity contribution in [2.45, 2.75) is 163 Å². The Hall–Kier alpha value is -1.89. The lowest BCUT2D eigenvalue weighted by atomic mass is 10.0. The summed E-state index contributed by atoms with van der Waals surface area (Å²) in [4.78, 5) is 34.4. The number of quaternary nitrogens is 1. The summed E-state index contributed by atoms with van der Waals surface area (Å²) < 4.78 is 0.587. The first-order valence-electron chi connectivity index (χ1n) is 18.2. The van der Waals surface area contributed by atoms with Gasteiger partial charge in [-0.25, -0.2) is 0 Å². The zero-order valence-electron chi connectivity index (χ0n) is 29.0. The molecule has 0 amide bonds. The summed E-state index contributed by atoms with van der Waals surface area (Å²) in [5.74, 6) is -4.30. The van der Waals surface area contributed by atoms with Gasteiger partial charge in [-0.05, 0) is 32.1 Å². The number of allylic oxidation sites excluding steroid dienone is 2. The van der Waals surface area contributed by atoms with Crippen LogP contribution in [0.15, 0.2) is 12.2 Å². The maximum atomic E-state index is 11.5. The molecule has 0 aromatic carbocycles. The second kappa shape index (κ2) is 27.4. The second-order valence-electron chi connectivity index (χ2n) is 13.7. The highest BCUT2D eigenvalue weighted by molar-refractivity contribution is 5.69. The lowest BCUT2D eigenvalue weighted by molar-refractivity contribution is -0.929. The van der Waals surface area contributed by atoms with Gasteiger partial charge < -0.3 is 24.6 Å². The van der Waals surface area contributed by atoms with Gasteiger partial charge in [0.15, 0.2) is 0 Å². The summed E-state index contributed by atoms with van der Waals surface area (Å²) in [5, 5.41) is 30.3. The van der Waals surface area contributed by atoms with E-state index in [1.807, 2.05) is 0 Å². The van der Waals surface area contributed by atoms with Crippen molar-refractivity contribution in [1.82, 2.24) is 0 Å². The summed E-state index contributed by atoms with van der Waals surface area (Å²) in [5.41, 5.74) is 0. The molecule has 0 aliphatic carbocycles. The molecule has 0 aromatic heterocycles. The van der Waals surface area contributed by atoms with Crippen LogP contribution in [0, 0.1) is 17.8 Å². The molecule has 2 N–H and O–H groups in total. The van der Waals surface area contributed by atoms with Crippen molar-refractivity contribution < 1.29 is 34.2 Å². The molecule has 0 spiro atoms. The maximum absolute atomic E-state index is 11.5. The Morgan fingerprint density at radius 2 is 0.886 bits per heavy atom. The topological polar surface area (TPSA) is 115 Å². The van der Waals surface area contributed by atoms with Gasteiger partial charge in [0.05, 0.1) is 38.0 Å². The number of rotatable bonds is 32. The second-order valence-corrected chi connectivity index (χ2v) is 13.7. The van der Waals surface area contributed by atoms with E-state index in [0.717, 1.165) is 19.4 Å². The third-order valence-corrected chi connectivity index (χ3v) is 9.48. The summed E-state index contributed by atoms with van der Waals surface area (Å²) in [6.45, 7) is 9.96. The van der Waals surface area contributed by atoms with Gasteiger partial charge in [-0.3, -0.25) is 9.59 Å². The van der Waals surface area contributed by atoms with Gasteiger partial charge in [0.1, 0.15) is 0 Å². The molecule has 7 heteroatoms. The fourth-order valence-electron chi connectivity index (χ4n) is 5.85. The highest BCUT2D eigenvalue weighted by Gasteiger charge is 2.30. The number of carbonyl (C=O) groups excluding carboxylic acids is 1. The van der Waals surface area contributed by atoms with Gasteiger partial charge in [-0.15, -0.1) is 0 Å². The van der Waals surface area contributed by atoms with E-state index in [0.29, 0.717) is 43.4 Å². The van der Waals surface area contributed by atoms with Crippen molar-refractivity contribution >= 4 is 17.9 Å². The smallest absolute Gasteiger partial charge is 0.306 e. The molecule has 0 fully saturated rings. The number of unbranched alkanes of at least 4 members (excludes halogenated alkanes) is 16. The zero-order valence-corrected chi connectivity index (χ0v) is 29.0. The molecule has 0 aliphatic heterocycles. The Labute approximate surface area is 270 Å². The minimum atomic E-state index is -1.07. The Morgan fingerprint density at radius 3 is 1.25 bits per heavy atom. The number of nitrogens with zero attached hydrogens (tertiary/aromatic N) is 1. The number of carbonyl (C=O) groups is 3. The van der Waals surface area contributed by atoms with Gasteiger partial charge in [-0.1, -0.05) is 123 Å². The Balaban J connectivity index is 4.37. The summed E-state index contributed by atoms with van der Waals surface area (Å²) in [7, 11) is 0. The van der Waals surface area contributed by atoms with Crippen molar-refractivity contribution in [3.63, 3.8) is 0 Å². The van der Waals surface area contributed by atoms with E-state index in [2.05, 4.69) is 19.1 Å². The third-order valence-electron chi connectivity index (χ3n) is 9.48. The number of aliphatic carboxylic acids is 3. The largest absolute Gasteiger partial charge is 0.550 e. The number of hydrogen-bond acceptors (Lipinski definition) is 4. The lowest BCUT2D eigenvalue weighted by Gasteiger charge is -2.41. The summed E-state index contributed by atoms with van der Waals surface area (Å²) in [6, 6.07) is 0. The third kappa shape index (κ3) is 23.5. The summed E-state index contributed by atoms with van der Waals surface area (Å²) >= 11 is 0. The molecular formula is C37H69NO6. The van der Waals surface area contributed by atoms with E-state index in [1.165, 1.54) is 103 Å². The fourth-order valence-corrected chi connectivity index (χ4v) is 5.85. The SMILES string of the molecule is CCC/C=C/CCCCCCCCCCCCCCCCC[N+](CCC(C)C(=O)[O-])(CCC(C)C(=O)O)CCC(C)C(=O)O. The molecule has 0 saturated heterocycles. The van der Waals surface area contributed by atoms with Crippen LogP contribution >= 0.6 is 0 Å². The predicted octanol–water partition coefficient (Wildman–Crippen LogP) is 8.40. The van der Waals surface area contributed by atoms with Crippen molar-refractivity contribution in [1.29, 1.82) is 0 Å². The van der Waals surface area contributed by atoms with E-state index >= 15 is 0 Å². The van der Waals surface area contributed by atoms with Crippen LogP contribution in [0.25, 0.3) is 0 Å². The molecule has 3 atom stereocenters. The monoisotopic (exact) mass is 624 g/mol. The van der Waals surface area contributed by atoms with Gasteiger partial charge in [0.25, 0.3) is 0 Å². The Kier molecular flexibility index (Phi) is 26.2. The van der Waals surface area contributed by atoms with Crippen LogP contribution in [0.1, 0.15) is 163 Å². The first kappa shape index (κ1) is 42.1. The van der Waals surface area contributed by atoms with Crippen LogP contribution in [0.5, 0.6) is 0 Å². The van der Waals surface area contributed by atoms with Crippen LogP contribution in [0.3, 0.4) is 0 Å². The van der Waals surface area contributed by atoms with Gasteiger partial charge in [-0.2, -0.15) is 0 Å². The first-order valence-corrected chi connectivity index (χ1v) is 18.2. The average molecular weight is 624 g/mol. The maximum Gasteiger partial charge on any atom is 0.306 e. The molecule has 0 aliphatic rings. The molecule has 44 heavy (non-hydrogen) atoms. The van der Waals surface area contributed by atoms with Crippen LogP contribution in [0.2, 0.25) is 0 Å². The minimum Gasteiger partial charge on any atom is -0.550 e. The number of carboxylic acids is 3. The van der Waals surface area contributed by atoms with Gasteiger partial charge in [0, 0.05) is 31.1 Å². The van der Waals surface area contributed by atoms with E-state index in [1.54, 1.807) is 20.8 Å². The van der Waals surface area contributed by atoms with Crippen molar-refractivity contribution in [3.05, 3.63) is 12.2 Å². The van der Waals surface area contributed by atoms with E-state index < -0.39 is 35.7 Å². The molecule has 0 radical (unpaired) electrons. The molecular weight excluding hydrogens is 554 g/mol. The van der Waals surface area contributed by atoms with E-state index in [4.69, 9.17) is 0 Å². The van der Waals surface area contributed by atoms with Gasteiger partial charge >= 0.3 is 11.9 Å². The molecule has 258 valence electrons. The molecule has 7 nitrogen and oxygen atoms in total. The Bertz CT molecular complexity index is 707. The predicted molar refractivity (Wildman–Crippen MR) is 179 cm³/mol. The van der Waals surface area contributed by atoms with Crippen LogP contribution in [0.4, 0.5) is 0 Å². The average Bonchev–Trinajstić information content (AvgIpc) is 2.99. The molecule has 3 unspecified atom stereocenters. The number of carboxylic acid groups (broad SMARTS) is 3. The fraction of sp³-hybridized carbons (Fsp3) is 0.865. The highest BCUT2D eigenvalue weighted by atomic mass is 16.4. The minimum absolute atomic E-state index is 0.447. The normalized spacial score (nSPS) is 15.2. The van der Waals surface area contributed by atoms with Gasteiger partial charge in [0.2, 0.25) is 0 Å². The van der Waals surface area contributed by atoms with Crippen LogP contribution in [-0.2, 0) is 14.4 Å². The van der Waals surface area contributed by atoms with E-state index in [-0.39, 0.29) is 0 Å². The first-order chi connectivity index (χ1) is 21.0. The lowest BCUT2D eigenvalue weighted by Crippen LogP contribution is -2.52. The highest BCUT2D eigenvalue weighted by Crippen LogP contribution is 2.22. The van der Waals surface area contributed by atoms with Crippen LogP contribution < -0.4 is 5.11 Å². The summed E-state index contributed by atoms with van der Waals surface area (Å²) in [6.07, 6.45) is 29.1. The molecule has 0 heterocycles. The molecule has 0 bridgehead atoms. The Morgan fingerprint density at radius 1 is 0.545 bits per heavy atom. The molecule has 0 saturated carbocycles. The zero-order chi connectivity index (χ0) is 33.1.